The van der Waals surface area contributed by atoms with Gasteiger partial charge >= 0.3 is 0 Å². The lowest BCUT2D eigenvalue weighted by Crippen LogP contribution is -2.23. The molecule has 0 aliphatic carbocycles. The average Bonchev–Trinajstić information content (AvgIpc) is 1.91. The number of benzene rings is 1. The van der Waals surface area contributed by atoms with Crippen LogP contribution < -0.4 is 4.74 Å². The highest BCUT2D eigenvalue weighted by Gasteiger charge is 2.12. The molecule has 0 aliphatic rings. The second-order valence-corrected chi connectivity index (χ2v) is 4.16. The molecule has 0 fully saturated rings. The first-order valence-corrected chi connectivity index (χ1v) is 4.41. The Morgan fingerprint density at radius 3 is 2.25 bits per heavy atom. The molecule has 1 nitrogen and oxygen atoms in total. The molecule has 0 aliphatic heterocycles. The van der Waals surface area contributed by atoms with Crippen molar-refractivity contribution in [2.75, 3.05) is 0 Å². The lowest BCUT2D eigenvalue weighted by molar-refractivity contribution is 0.127. The Hall–Kier alpha value is -0.630. The molecule has 0 bridgehead atoms. The summed E-state index contributed by atoms with van der Waals surface area (Å²) in [5, 5.41) is 0. The summed E-state index contributed by atoms with van der Waals surface area (Å²) in [6.45, 7) is 6.06. The Bertz CT molecular complexity index is 263. The first kappa shape index (κ1) is 9.46. The zero-order chi connectivity index (χ0) is 9.19. The van der Waals surface area contributed by atoms with Crippen molar-refractivity contribution in [2.45, 2.75) is 31.3 Å². The van der Waals surface area contributed by atoms with Crippen molar-refractivity contribution in [3.05, 3.63) is 24.3 Å². The van der Waals surface area contributed by atoms with Crippen LogP contribution >= 0.6 is 12.6 Å². The van der Waals surface area contributed by atoms with Crippen LogP contribution in [0.2, 0.25) is 0 Å². The van der Waals surface area contributed by atoms with Crippen LogP contribution in [0.3, 0.4) is 0 Å². The Morgan fingerprint density at radius 1 is 1.17 bits per heavy atom. The Kier molecular flexibility index (Phi) is 2.68. The van der Waals surface area contributed by atoms with E-state index >= 15 is 0 Å². The van der Waals surface area contributed by atoms with Crippen LogP contribution in [0, 0.1) is 0 Å². The van der Waals surface area contributed by atoms with Crippen LogP contribution in [0.25, 0.3) is 0 Å². The second-order valence-electron chi connectivity index (χ2n) is 3.68. The molecule has 0 spiro atoms. The van der Waals surface area contributed by atoms with Gasteiger partial charge in [0.05, 0.1) is 0 Å². The highest BCUT2D eigenvalue weighted by atomic mass is 32.1. The molecule has 2 heteroatoms. The molecule has 1 aromatic carbocycles. The molecular weight excluding hydrogens is 168 g/mol. The molecule has 0 aromatic heterocycles. The van der Waals surface area contributed by atoms with Crippen LogP contribution in [0.4, 0.5) is 0 Å². The van der Waals surface area contributed by atoms with Gasteiger partial charge in [-0.05, 0) is 32.9 Å². The third-order valence-corrected chi connectivity index (χ3v) is 1.65. The van der Waals surface area contributed by atoms with E-state index in [-0.39, 0.29) is 5.60 Å². The summed E-state index contributed by atoms with van der Waals surface area (Å²) < 4.78 is 5.66. The maximum Gasteiger partial charge on any atom is 0.133 e. The van der Waals surface area contributed by atoms with Crippen molar-refractivity contribution in [1.29, 1.82) is 0 Å². The summed E-state index contributed by atoms with van der Waals surface area (Å²) in [6.07, 6.45) is 0. The van der Waals surface area contributed by atoms with E-state index in [9.17, 15) is 0 Å². The van der Waals surface area contributed by atoms with E-state index in [1.54, 1.807) is 0 Å². The first-order valence-electron chi connectivity index (χ1n) is 3.96. The van der Waals surface area contributed by atoms with E-state index in [0.29, 0.717) is 0 Å². The van der Waals surface area contributed by atoms with Gasteiger partial charge in [0.15, 0.2) is 0 Å². The van der Waals surface area contributed by atoms with Gasteiger partial charge in [-0.25, -0.2) is 0 Å². The number of hydrogen-bond donors (Lipinski definition) is 1. The molecule has 0 unspecified atom stereocenters. The maximum absolute atomic E-state index is 5.66. The number of para-hydroxylation sites is 1. The molecule has 0 saturated heterocycles. The van der Waals surface area contributed by atoms with Crippen LogP contribution in [-0.4, -0.2) is 5.60 Å². The maximum atomic E-state index is 5.66. The van der Waals surface area contributed by atoms with E-state index in [0.717, 1.165) is 10.6 Å². The third-order valence-electron chi connectivity index (χ3n) is 1.28. The summed E-state index contributed by atoms with van der Waals surface area (Å²) in [7, 11) is 0. The fraction of sp³-hybridized carbons (Fsp3) is 0.400. The van der Waals surface area contributed by atoms with Gasteiger partial charge in [-0.1, -0.05) is 12.1 Å². The van der Waals surface area contributed by atoms with Crippen LogP contribution in [0.1, 0.15) is 20.8 Å². The lowest BCUT2D eigenvalue weighted by atomic mass is 10.2. The van der Waals surface area contributed by atoms with E-state index in [1.165, 1.54) is 0 Å². The highest BCUT2D eigenvalue weighted by molar-refractivity contribution is 7.80. The SMILES string of the molecule is CC(C)(C)Oc1ccccc1S. The minimum absolute atomic E-state index is 0.154. The largest absolute Gasteiger partial charge is 0.487 e. The standard InChI is InChI=1S/C10H14OS/c1-10(2,3)11-8-6-4-5-7-9(8)12/h4-7,12H,1-3H3. The topological polar surface area (TPSA) is 9.23 Å². The van der Waals surface area contributed by atoms with Gasteiger partial charge in [0, 0.05) is 4.90 Å². The van der Waals surface area contributed by atoms with Crippen LogP contribution in [-0.2, 0) is 0 Å². The van der Waals surface area contributed by atoms with Gasteiger partial charge in [0.1, 0.15) is 11.4 Å². The van der Waals surface area contributed by atoms with Crippen molar-refractivity contribution in [2.24, 2.45) is 0 Å². The second kappa shape index (κ2) is 3.40. The van der Waals surface area contributed by atoms with Crippen molar-refractivity contribution in [3.63, 3.8) is 0 Å². The quantitative estimate of drug-likeness (QED) is 0.656. The van der Waals surface area contributed by atoms with E-state index in [2.05, 4.69) is 12.6 Å². The predicted molar refractivity (Wildman–Crippen MR) is 54.1 cm³/mol. The molecule has 0 heterocycles. The molecule has 0 atom stereocenters. The number of hydrogen-bond acceptors (Lipinski definition) is 2. The van der Waals surface area contributed by atoms with Crippen molar-refractivity contribution in [3.8, 4) is 5.75 Å². The summed E-state index contributed by atoms with van der Waals surface area (Å²) in [4.78, 5) is 0.882. The Morgan fingerprint density at radius 2 is 1.75 bits per heavy atom. The normalized spacial score (nSPS) is 11.3. The van der Waals surface area contributed by atoms with Gasteiger partial charge in [0.25, 0.3) is 0 Å². The fourth-order valence-corrected chi connectivity index (χ4v) is 1.08. The molecule has 0 amide bonds. The zero-order valence-corrected chi connectivity index (χ0v) is 8.56. The van der Waals surface area contributed by atoms with E-state index in [4.69, 9.17) is 4.74 Å². The zero-order valence-electron chi connectivity index (χ0n) is 7.66. The lowest BCUT2D eigenvalue weighted by Gasteiger charge is -2.22. The highest BCUT2D eigenvalue weighted by Crippen LogP contribution is 2.25. The number of thiol groups is 1. The van der Waals surface area contributed by atoms with Crippen molar-refractivity contribution in [1.82, 2.24) is 0 Å². The molecule has 0 saturated carbocycles. The Balaban J connectivity index is 2.83. The minimum Gasteiger partial charge on any atom is -0.487 e. The van der Waals surface area contributed by atoms with Gasteiger partial charge in [-0.2, -0.15) is 0 Å². The van der Waals surface area contributed by atoms with Crippen molar-refractivity contribution < 1.29 is 4.74 Å². The molecular formula is C10H14OS. The molecule has 66 valence electrons. The number of ether oxygens (including phenoxy) is 1. The predicted octanol–water partition coefficient (Wildman–Crippen LogP) is 3.15. The van der Waals surface area contributed by atoms with Gasteiger partial charge in [-0.15, -0.1) is 12.6 Å². The summed E-state index contributed by atoms with van der Waals surface area (Å²) in [5.74, 6) is 0.841. The first-order chi connectivity index (χ1) is 5.49. The monoisotopic (exact) mass is 182 g/mol. The van der Waals surface area contributed by atoms with Gasteiger partial charge < -0.3 is 4.74 Å². The summed E-state index contributed by atoms with van der Waals surface area (Å²) >= 11 is 4.28. The molecule has 12 heavy (non-hydrogen) atoms. The molecule has 1 rings (SSSR count). The van der Waals surface area contributed by atoms with Crippen molar-refractivity contribution >= 4 is 12.6 Å². The molecule has 1 aromatic rings. The number of rotatable bonds is 1. The van der Waals surface area contributed by atoms with Crippen LogP contribution in [0.5, 0.6) is 5.75 Å². The van der Waals surface area contributed by atoms with E-state index < -0.39 is 0 Å². The van der Waals surface area contributed by atoms with E-state index in [1.807, 2.05) is 45.0 Å². The molecule has 0 radical (unpaired) electrons. The van der Waals surface area contributed by atoms with Gasteiger partial charge in [0.2, 0.25) is 0 Å². The summed E-state index contributed by atoms with van der Waals surface area (Å²) in [5.41, 5.74) is -0.154. The Labute approximate surface area is 79.2 Å². The smallest absolute Gasteiger partial charge is 0.133 e. The fourth-order valence-electron chi connectivity index (χ4n) is 0.873. The molecule has 0 N–H and O–H groups in total. The summed E-state index contributed by atoms with van der Waals surface area (Å²) in [6, 6.07) is 7.73. The van der Waals surface area contributed by atoms with Gasteiger partial charge in [-0.3, -0.25) is 0 Å². The van der Waals surface area contributed by atoms with Crippen LogP contribution in [0.15, 0.2) is 29.2 Å². The minimum atomic E-state index is -0.154. The average molecular weight is 182 g/mol. The third kappa shape index (κ3) is 2.78.